The Morgan fingerprint density at radius 2 is 1.62 bits per heavy atom. The molecule has 0 aliphatic carbocycles. The highest BCUT2D eigenvalue weighted by Crippen LogP contribution is 2.29. The standard InChI is InChI=1S/C17H18F2O2/c1-2-3-4-12-5-7-14(8-6-12)21-17-15(18)9-13(11-20)10-16(17)19/h5-10,20H,2-4,11H2,1H3. The first kappa shape index (κ1) is 15.4. The topological polar surface area (TPSA) is 29.5 Å². The molecular weight excluding hydrogens is 274 g/mol. The van der Waals surface area contributed by atoms with Crippen LogP contribution in [0, 0.1) is 11.6 Å². The predicted molar refractivity (Wildman–Crippen MR) is 77.4 cm³/mol. The van der Waals surface area contributed by atoms with Crippen LogP contribution in [0.4, 0.5) is 8.78 Å². The number of ether oxygens (including phenoxy) is 1. The fourth-order valence-electron chi connectivity index (χ4n) is 2.02. The molecule has 0 radical (unpaired) electrons. The Morgan fingerprint density at radius 3 is 2.14 bits per heavy atom. The van der Waals surface area contributed by atoms with Crippen LogP contribution < -0.4 is 4.74 Å². The second-order valence-corrected chi connectivity index (χ2v) is 4.90. The summed E-state index contributed by atoms with van der Waals surface area (Å²) in [5.41, 5.74) is 1.34. The smallest absolute Gasteiger partial charge is 0.198 e. The summed E-state index contributed by atoms with van der Waals surface area (Å²) in [5.74, 6) is -1.72. The molecule has 0 bridgehead atoms. The highest BCUT2D eigenvalue weighted by Gasteiger charge is 2.13. The maximum atomic E-state index is 13.8. The molecule has 2 aromatic rings. The van der Waals surface area contributed by atoms with Crippen molar-refractivity contribution in [3.05, 3.63) is 59.2 Å². The Kier molecular flexibility index (Phi) is 5.28. The Labute approximate surface area is 123 Å². The number of halogens is 2. The maximum absolute atomic E-state index is 13.8. The summed E-state index contributed by atoms with van der Waals surface area (Å²) in [6.07, 6.45) is 3.20. The molecule has 1 N–H and O–H groups in total. The average molecular weight is 292 g/mol. The number of aliphatic hydroxyl groups excluding tert-OH is 1. The highest BCUT2D eigenvalue weighted by atomic mass is 19.1. The summed E-state index contributed by atoms with van der Waals surface area (Å²) < 4.78 is 32.8. The minimum absolute atomic E-state index is 0.173. The Morgan fingerprint density at radius 1 is 1.00 bits per heavy atom. The molecule has 0 saturated heterocycles. The van der Waals surface area contributed by atoms with Crippen LogP contribution >= 0.6 is 0 Å². The van der Waals surface area contributed by atoms with Crippen LogP contribution in [0.25, 0.3) is 0 Å². The molecule has 0 spiro atoms. The van der Waals surface area contributed by atoms with E-state index in [2.05, 4.69) is 6.92 Å². The van der Waals surface area contributed by atoms with Gasteiger partial charge < -0.3 is 9.84 Å². The van der Waals surface area contributed by atoms with Crippen molar-refractivity contribution in [3.63, 3.8) is 0 Å². The van der Waals surface area contributed by atoms with Gasteiger partial charge in [0, 0.05) is 0 Å². The van der Waals surface area contributed by atoms with Crippen LogP contribution in [0.1, 0.15) is 30.9 Å². The van der Waals surface area contributed by atoms with Gasteiger partial charge in [0.1, 0.15) is 5.75 Å². The van der Waals surface area contributed by atoms with Crippen molar-refractivity contribution in [3.8, 4) is 11.5 Å². The molecule has 0 heterocycles. The normalized spacial score (nSPS) is 10.7. The van der Waals surface area contributed by atoms with Crippen LogP contribution in [-0.2, 0) is 13.0 Å². The van der Waals surface area contributed by atoms with Gasteiger partial charge in [0.25, 0.3) is 0 Å². The molecule has 0 unspecified atom stereocenters. The molecule has 21 heavy (non-hydrogen) atoms. The third-order valence-corrected chi connectivity index (χ3v) is 3.20. The van der Waals surface area contributed by atoms with E-state index in [1.807, 2.05) is 12.1 Å². The van der Waals surface area contributed by atoms with Gasteiger partial charge in [0.05, 0.1) is 6.61 Å². The van der Waals surface area contributed by atoms with Crippen LogP contribution in [-0.4, -0.2) is 5.11 Å². The first-order valence-electron chi connectivity index (χ1n) is 6.99. The number of unbranched alkanes of at least 4 members (excludes halogenated alkanes) is 1. The van der Waals surface area contributed by atoms with Crippen LogP contribution in [0.5, 0.6) is 11.5 Å². The molecule has 2 rings (SSSR count). The molecule has 0 atom stereocenters. The van der Waals surface area contributed by atoms with Crippen molar-refractivity contribution >= 4 is 0 Å². The lowest BCUT2D eigenvalue weighted by atomic mass is 10.1. The summed E-state index contributed by atoms with van der Waals surface area (Å²) in [7, 11) is 0. The van der Waals surface area contributed by atoms with E-state index in [4.69, 9.17) is 9.84 Å². The molecular formula is C17H18F2O2. The van der Waals surface area contributed by atoms with Gasteiger partial charge in [0.2, 0.25) is 0 Å². The quantitative estimate of drug-likeness (QED) is 0.843. The van der Waals surface area contributed by atoms with Crippen molar-refractivity contribution in [2.45, 2.75) is 32.8 Å². The van der Waals surface area contributed by atoms with Crippen molar-refractivity contribution in [1.82, 2.24) is 0 Å². The van der Waals surface area contributed by atoms with Gasteiger partial charge in [-0.3, -0.25) is 0 Å². The summed E-state index contributed by atoms with van der Waals surface area (Å²) in [6, 6.07) is 9.31. The molecule has 0 fully saturated rings. The van der Waals surface area contributed by atoms with Crippen molar-refractivity contribution in [2.75, 3.05) is 0 Å². The fourth-order valence-corrected chi connectivity index (χ4v) is 2.02. The van der Waals surface area contributed by atoms with Gasteiger partial charge >= 0.3 is 0 Å². The summed E-state index contributed by atoms with van der Waals surface area (Å²) in [6.45, 7) is 1.71. The van der Waals surface area contributed by atoms with Gasteiger partial charge in [-0.2, -0.15) is 0 Å². The molecule has 2 aromatic carbocycles. The molecule has 0 aliphatic rings. The first-order valence-corrected chi connectivity index (χ1v) is 6.99. The zero-order valence-electron chi connectivity index (χ0n) is 11.9. The van der Waals surface area contributed by atoms with E-state index in [1.54, 1.807) is 12.1 Å². The number of rotatable bonds is 6. The van der Waals surface area contributed by atoms with Crippen LogP contribution in [0.15, 0.2) is 36.4 Å². The molecule has 0 aliphatic heterocycles. The zero-order valence-corrected chi connectivity index (χ0v) is 11.9. The van der Waals surface area contributed by atoms with Crippen LogP contribution in [0.3, 0.4) is 0 Å². The number of hydrogen-bond acceptors (Lipinski definition) is 2. The second-order valence-electron chi connectivity index (χ2n) is 4.90. The summed E-state index contributed by atoms with van der Waals surface area (Å²) >= 11 is 0. The minimum Gasteiger partial charge on any atom is -0.451 e. The number of benzene rings is 2. The minimum atomic E-state index is -0.825. The third kappa shape index (κ3) is 4.02. The summed E-state index contributed by atoms with van der Waals surface area (Å²) in [5, 5.41) is 8.89. The first-order chi connectivity index (χ1) is 10.1. The lowest BCUT2D eigenvalue weighted by molar-refractivity contribution is 0.279. The number of aliphatic hydroxyl groups is 1. The van der Waals surface area contributed by atoms with Gasteiger partial charge in [-0.1, -0.05) is 25.5 Å². The molecule has 112 valence electrons. The lowest BCUT2D eigenvalue weighted by Crippen LogP contribution is -1.96. The lowest BCUT2D eigenvalue weighted by Gasteiger charge is -2.10. The van der Waals surface area contributed by atoms with Crippen molar-refractivity contribution in [2.24, 2.45) is 0 Å². The Hall–Kier alpha value is -1.94. The van der Waals surface area contributed by atoms with Crippen molar-refractivity contribution < 1.29 is 18.6 Å². The Bertz CT molecular complexity index is 571. The van der Waals surface area contributed by atoms with Gasteiger partial charge in [-0.05, 0) is 48.2 Å². The molecule has 0 aromatic heterocycles. The number of aryl methyl sites for hydroxylation is 1. The number of hydrogen-bond donors (Lipinski definition) is 1. The van der Waals surface area contributed by atoms with Gasteiger partial charge in [-0.25, -0.2) is 8.78 Å². The summed E-state index contributed by atoms with van der Waals surface area (Å²) in [4.78, 5) is 0. The molecule has 0 amide bonds. The van der Waals surface area contributed by atoms with E-state index < -0.39 is 24.0 Å². The van der Waals surface area contributed by atoms with Crippen LogP contribution in [0.2, 0.25) is 0 Å². The molecule has 2 nitrogen and oxygen atoms in total. The van der Waals surface area contributed by atoms with E-state index in [0.717, 1.165) is 31.4 Å². The largest absolute Gasteiger partial charge is 0.451 e. The van der Waals surface area contributed by atoms with Gasteiger partial charge in [-0.15, -0.1) is 0 Å². The highest BCUT2D eigenvalue weighted by molar-refractivity contribution is 5.36. The maximum Gasteiger partial charge on any atom is 0.198 e. The van der Waals surface area contributed by atoms with E-state index in [0.29, 0.717) is 5.75 Å². The predicted octanol–water partition coefficient (Wildman–Crippen LogP) is 4.59. The fraction of sp³-hybridized carbons (Fsp3) is 0.294. The van der Waals surface area contributed by atoms with Crippen molar-refractivity contribution in [1.29, 1.82) is 0 Å². The Balaban J connectivity index is 2.14. The average Bonchev–Trinajstić information content (AvgIpc) is 2.49. The van der Waals surface area contributed by atoms with E-state index in [1.165, 1.54) is 5.56 Å². The second kappa shape index (κ2) is 7.18. The van der Waals surface area contributed by atoms with E-state index in [9.17, 15) is 8.78 Å². The third-order valence-electron chi connectivity index (χ3n) is 3.20. The monoisotopic (exact) mass is 292 g/mol. The zero-order chi connectivity index (χ0) is 15.2. The molecule has 0 saturated carbocycles. The van der Waals surface area contributed by atoms with Gasteiger partial charge in [0.15, 0.2) is 17.4 Å². The van der Waals surface area contributed by atoms with E-state index in [-0.39, 0.29) is 5.56 Å². The molecule has 4 heteroatoms. The SMILES string of the molecule is CCCCc1ccc(Oc2c(F)cc(CO)cc2F)cc1. The van der Waals surface area contributed by atoms with E-state index >= 15 is 0 Å².